The molecule has 14 heteroatoms. The van der Waals surface area contributed by atoms with E-state index in [9.17, 15) is 18.3 Å². The van der Waals surface area contributed by atoms with Crippen LogP contribution in [0.1, 0.15) is 306 Å². The van der Waals surface area contributed by atoms with Gasteiger partial charge >= 0.3 is 11.6 Å². The van der Waals surface area contributed by atoms with Crippen LogP contribution in [0, 0.1) is 59.2 Å². The summed E-state index contributed by atoms with van der Waals surface area (Å²) in [5.41, 5.74) is -2.94. The molecule has 0 unspecified atom stereocenters. The van der Waals surface area contributed by atoms with Gasteiger partial charge in [0.15, 0.2) is 27.2 Å². The Morgan fingerprint density at radius 3 is 1.26 bits per heavy atom. The summed E-state index contributed by atoms with van der Waals surface area (Å²) < 4.78 is 96.3. The van der Waals surface area contributed by atoms with Gasteiger partial charge in [-0.3, -0.25) is 0 Å². The molecule has 6 saturated carbocycles. The van der Waals surface area contributed by atoms with E-state index in [0.717, 1.165) is 66.1 Å². The molecule has 9 rings (SSSR count). The first-order valence-corrected chi connectivity index (χ1v) is 37.4. The van der Waals surface area contributed by atoms with E-state index < -0.39 is 27.7 Å². The van der Waals surface area contributed by atoms with Gasteiger partial charge in [-0.2, -0.15) is 22.0 Å². The molecule has 3 radical (unpaired) electrons. The van der Waals surface area contributed by atoms with Gasteiger partial charge in [0.25, 0.3) is 0 Å². The van der Waals surface area contributed by atoms with E-state index in [2.05, 4.69) is 62.9 Å². The van der Waals surface area contributed by atoms with Crippen molar-refractivity contribution in [2.75, 3.05) is 11.5 Å². The predicted molar refractivity (Wildman–Crippen MR) is 367 cm³/mol. The lowest BCUT2D eigenvalue weighted by atomic mass is 9.68. The lowest BCUT2D eigenvalue weighted by molar-refractivity contribution is -0.224. The van der Waals surface area contributed by atoms with E-state index >= 15 is 8.78 Å². The zero-order chi connectivity index (χ0) is 59.7. The highest BCUT2D eigenvalue weighted by atomic mass is 32.2. The summed E-state index contributed by atoms with van der Waals surface area (Å²) in [6.45, 7) is 9.16. The zero-order valence-electron chi connectivity index (χ0n) is 52.4. The first-order chi connectivity index (χ1) is 39.9. The van der Waals surface area contributed by atoms with Crippen LogP contribution in [0.4, 0.5) is 22.0 Å². The van der Waals surface area contributed by atoms with Crippen molar-refractivity contribution in [3.8, 4) is 11.5 Å². The molecule has 2 aromatic rings. The molecule has 1 aliphatic heterocycles. The van der Waals surface area contributed by atoms with Gasteiger partial charge in [-0.15, -0.1) is 0 Å². The number of phenolic OH excluding ortho intramolecular Hbond substituents is 1. The van der Waals surface area contributed by atoms with Crippen LogP contribution in [0.15, 0.2) is 48.5 Å². The van der Waals surface area contributed by atoms with Crippen LogP contribution in [0.3, 0.4) is 0 Å². The van der Waals surface area contributed by atoms with Crippen LogP contribution in [-0.4, -0.2) is 53.8 Å². The van der Waals surface area contributed by atoms with Crippen molar-refractivity contribution < 1.29 is 54.8 Å². The predicted octanol–water partition coefficient (Wildman–Crippen LogP) is 23.9. The van der Waals surface area contributed by atoms with Gasteiger partial charge in [0.1, 0.15) is 11.5 Å². The van der Waals surface area contributed by atoms with Gasteiger partial charge in [0.2, 0.25) is 4.20 Å². The average molecular weight is 1270 g/mol. The smallest absolute Gasteiger partial charge is 0.485 e. The van der Waals surface area contributed by atoms with Gasteiger partial charge in [-0.05, 0) is 223 Å². The van der Waals surface area contributed by atoms with E-state index in [1.165, 1.54) is 196 Å². The monoisotopic (exact) mass is 1260 g/mol. The van der Waals surface area contributed by atoms with Gasteiger partial charge in [0.05, 0.1) is 5.92 Å². The lowest BCUT2D eigenvalue weighted by Gasteiger charge is -2.39. The highest BCUT2D eigenvalue weighted by Gasteiger charge is 2.45. The molecule has 0 aromatic heterocycles. The number of phenols is 1. The van der Waals surface area contributed by atoms with Crippen molar-refractivity contribution >= 4 is 45.8 Å². The lowest BCUT2D eigenvalue weighted by Crippen LogP contribution is -2.38. The Bertz CT molecular complexity index is 2220. The van der Waals surface area contributed by atoms with Gasteiger partial charge < -0.3 is 14.4 Å². The average Bonchev–Trinajstić information content (AvgIpc) is 1.28. The number of halogens is 5. The minimum absolute atomic E-state index is 0. The minimum atomic E-state index is -6.09. The third-order valence-corrected chi connectivity index (χ3v) is 24.5. The summed E-state index contributed by atoms with van der Waals surface area (Å²) in [7, 11) is -6.09. The Kier molecular flexibility index (Phi) is 35.0. The molecule has 6 aliphatic carbocycles. The van der Waals surface area contributed by atoms with Crippen molar-refractivity contribution in [2.24, 2.45) is 59.2 Å². The Morgan fingerprint density at radius 1 is 0.541 bits per heavy atom. The SMILES string of the molecule is C.CCCC1CCC(c2ccc(O)cc2)CC1.CCCCCC1CCC(C2CCC(C(F)(F)Oc3ccc(C4CCC(CCC)CC4)cc3)CC2)CC1.CCCCCC1CCC(C2CCC(C3=[S+]CCCS3)CC2)CC1.O=S(=O)([O-])C(F)(F)F.[2HH].[B].[HH].[HH].[HH].[HH].[HH].[HH]. The van der Waals surface area contributed by atoms with Crippen LogP contribution in [0.5, 0.6) is 11.5 Å². The minimum Gasteiger partial charge on any atom is -0.741 e. The molecule has 0 amide bonds. The Morgan fingerprint density at radius 2 is 0.894 bits per heavy atom. The normalized spacial score (nSPS) is 29.3. The fourth-order valence-electron chi connectivity index (χ4n) is 15.9. The number of hydrogen-bond acceptors (Lipinski definition) is 6. The second-order valence-electron chi connectivity index (χ2n) is 26.9. The molecular weight excluding hydrogens is 1130 g/mol. The third-order valence-electron chi connectivity index (χ3n) is 21.0. The van der Waals surface area contributed by atoms with E-state index in [-0.39, 0.29) is 25.8 Å². The third kappa shape index (κ3) is 26.1. The van der Waals surface area contributed by atoms with E-state index in [1.54, 1.807) is 50.7 Å². The molecule has 0 atom stereocenters. The second kappa shape index (κ2) is 39.4. The molecule has 499 valence electrons. The number of unbranched alkanes of at least 4 members (excludes halogenated alkanes) is 4. The summed E-state index contributed by atoms with van der Waals surface area (Å²) in [6, 6.07) is 15.4. The quantitative estimate of drug-likeness (QED) is 0.0270. The van der Waals surface area contributed by atoms with Crippen molar-refractivity contribution in [3.05, 3.63) is 59.7 Å². The molecule has 5 nitrogen and oxygen atoms in total. The summed E-state index contributed by atoms with van der Waals surface area (Å²) in [5, 5.41) is 9.27. The molecule has 1 heterocycles. The summed E-state index contributed by atoms with van der Waals surface area (Å²) in [4.78, 5) is 0. The molecule has 0 bridgehead atoms. The molecule has 0 spiro atoms. The number of thioether (sulfide) groups is 1. The molecule has 85 heavy (non-hydrogen) atoms. The van der Waals surface area contributed by atoms with Crippen molar-refractivity contribution in [3.63, 3.8) is 0 Å². The standard InChI is InChI=1S/C33H52F2O.C21H37S2.C15H22O.CHF3O3S.CH4.B.7H2/c1-3-5-6-8-26-11-15-27(16-12-26)29-17-21-31(22-18-29)33(34,35)36-32-23-19-30(20-24-32)28-13-9-25(7-4-2)10-14-28;1-2-3-4-6-17-7-9-18(10-8-17)19-11-13-20(14-12-19)21-22-15-5-16-23-21;1-2-3-12-4-6-13(7-5-12)14-8-10-15(16)11-9-14;2-1(3,4)8(5,6)7;;;;;;;;;/h19-20,23-29,31H,3-18,21-22H2,1-2H3;17-20H,2-16H2,1H3;8-13,16H,2-7H2,1H3;(H,5,6,7);1H4;;7*1H/q;+1;;;;;;;;;;;/p-1/i;;;;;;1+1;;;;;;. The van der Waals surface area contributed by atoms with E-state index in [1.807, 2.05) is 28.5 Å². The number of aromatic hydroxyl groups is 1. The Balaban J connectivity index is -0.000000601. The number of ether oxygens (including phenoxy) is 1. The van der Waals surface area contributed by atoms with E-state index in [4.69, 9.17) is 17.7 Å². The number of alkyl halides is 5. The maximum absolute atomic E-state index is 15.1. The maximum atomic E-state index is 15.1. The molecule has 7 aliphatic rings. The molecular formula is C71H129BF5O5S3. The maximum Gasteiger partial charge on any atom is 0.485 e. The van der Waals surface area contributed by atoms with Gasteiger partial charge in [-0.25, -0.2) is 8.42 Å². The van der Waals surface area contributed by atoms with Crippen molar-refractivity contribution in [1.29, 1.82) is 0 Å². The second-order valence-corrected chi connectivity index (χ2v) is 30.8. The summed E-state index contributed by atoms with van der Waals surface area (Å²) >= 11 is 4.39. The first kappa shape index (κ1) is 75.6. The number of benzene rings is 2. The van der Waals surface area contributed by atoms with E-state index in [0.29, 0.717) is 36.2 Å². The van der Waals surface area contributed by atoms with Gasteiger partial charge in [-0.1, -0.05) is 174 Å². The van der Waals surface area contributed by atoms with Crippen LogP contribution >= 0.6 is 11.8 Å². The fraction of sp³-hybridized carbons (Fsp3) is 0.817. The number of hydrogen-bond donors (Lipinski definition) is 1. The first-order valence-electron chi connectivity index (χ1n) is 34.0. The largest absolute Gasteiger partial charge is 0.741 e. The topological polar surface area (TPSA) is 86.7 Å². The highest BCUT2D eigenvalue weighted by molar-refractivity contribution is 8.23. The Hall–Kier alpha value is -1.90. The molecule has 2 aromatic carbocycles. The summed E-state index contributed by atoms with van der Waals surface area (Å²) in [6.07, 6.45) is 46.3. The van der Waals surface area contributed by atoms with Crippen molar-refractivity contribution in [2.45, 2.75) is 296 Å². The van der Waals surface area contributed by atoms with Gasteiger partial charge in [0, 0.05) is 36.5 Å². The van der Waals surface area contributed by atoms with Crippen LogP contribution in [0.25, 0.3) is 0 Å². The Labute approximate surface area is 536 Å². The fourth-order valence-corrected chi connectivity index (χ4v) is 18.8. The zero-order valence-corrected chi connectivity index (χ0v) is 54.8. The molecule has 6 fully saturated rings. The number of rotatable bonds is 20. The summed E-state index contributed by atoms with van der Waals surface area (Å²) in [5.74, 6) is 12.6. The van der Waals surface area contributed by atoms with Crippen LogP contribution in [0.2, 0.25) is 0 Å². The van der Waals surface area contributed by atoms with Crippen LogP contribution in [-0.2, 0) is 21.5 Å². The van der Waals surface area contributed by atoms with Crippen molar-refractivity contribution in [1.82, 2.24) is 0 Å². The van der Waals surface area contributed by atoms with Crippen LogP contribution < -0.4 is 4.74 Å². The molecule has 0 saturated heterocycles. The molecule has 1 N–H and O–H groups in total. The highest BCUT2D eigenvalue weighted by Crippen LogP contribution is 2.48.